The molecule has 33 heavy (non-hydrogen) atoms. The van der Waals surface area contributed by atoms with Crippen LogP contribution < -0.4 is 0 Å². The summed E-state index contributed by atoms with van der Waals surface area (Å²) in [4.78, 5) is 16.5. The molecule has 2 N–H and O–H groups in total. The van der Waals surface area contributed by atoms with Crippen LogP contribution in [0.15, 0.2) is 73.3 Å². The maximum absolute atomic E-state index is 4.78. The van der Waals surface area contributed by atoms with Crippen LogP contribution in [0.2, 0.25) is 0 Å². The van der Waals surface area contributed by atoms with E-state index in [2.05, 4.69) is 71.1 Å². The molecular weight excluding hydrogens is 587 g/mol. The quantitative estimate of drug-likeness (QED) is 0.224. The Morgan fingerprint density at radius 2 is 1.15 bits per heavy atom. The molecule has 5 heteroatoms. The number of rotatable bonds is 2. The number of hydrogen-bond donors (Lipinski definition) is 2. The summed E-state index contributed by atoms with van der Waals surface area (Å²) in [5, 5.41) is 0. The standard InChI is InChI=1S/C28H20N4.Pt/c1-2-18-3-5-19(6-4-18)27-16-26-15-24-10-9-22(30-24)13-20-7-8-21(29-20)14-23-11-12-25(31-23)17-28(27)32-26;/h2-17,29,32H,1H2;. The zero-order chi connectivity index (χ0) is 21.5. The van der Waals surface area contributed by atoms with Crippen LogP contribution in [0.25, 0.3) is 63.6 Å². The fourth-order valence-electron chi connectivity index (χ4n) is 4.06. The third-order valence-electron chi connectivity index (χ3n) is 5.63. The number of hydrogen-bond acceptors (Lipinski definition) is 2. The van der Waals surface area contributed by atoms with Crippen molar-refractivity contribution >= 4 is 52.4 Å². The van der Waals surface area contributed by atoms with E-state index in [0.717, 1.165) is 61.5 Å². The number of aromatic nitrogens is 4. The number of fused-ring (bicyclic) bond motifs is 8. The molecule has 0 fully saturated rings. The predicted octanol–water partition coefficient (Wildman–Crippen LogP) is 6.96. The van der Waals surface area contributed by atoms with Crippen molar-refractivity contribution in [3.63, 3.8) is 0 Å². The molecule has 4 aromatic rings. The SMILES string of the molecule is C=Cc1ccc(-c2cc3cc4nc(cc5ccc(cc6nc(cc2[nH]3)C=C6)[nH]5)C=C4)cc1.[Pt]. The number of aromatic amines is 2. The van der Waals surface area contributed by atoms with E-state index in [1.165, 1.54) is 0 Å². The van der Waals surface area contributed by atoms with Gasteiger partial charge in [0.1, 0.15) is 0 Å². The van der Waals surface area contributed by atoms with Crippen LogP contribution >= 0.6 is 0 Å². The van der Waals surface area contributed by atoms with Crippen molar-refractivity contribution < 1.29 is 21.1 Å². The number of nitrogens with zero attached hydrogens (tertiary/aromatic N) is 2. The molecule has 0 unspecified atom stereocenters. The molecule has 162 valence electrons. The van der Waals surface area contributed by atoms with Crippen LogP contribution in [0.1, 0.15) is 28.3 Å². The Hall–Kier alpha value is -3.75. The molecule has 2 aliphatic heterocycles. The Labute approximate surface area is 205 Å². The van der Waals surface area contributed by atoms with Gasteiger partial charge in [-0.2, -0.15) is 0 Å². The van der Waals surface area contributed by atoms with E-state index in [0.29, 0.717) is 0 Å². The molecular formula is C28H20N4Pt. The van der Waals surface area contributed by atoms with Crippen LogP contribution in [0.5, 0.6) is 0 Å². The summed E-state index contributed by atoms with van der Waals surface area (Å²) in [6.45, 7) is 3.85. The maximum Gasteiger partial charge on any atom is 0.0658 e. The first-order valence-corrected chi connectivity index (χ1v) is 10.5. The molecule has 0 amide bonds. The average molecular weight is 608 g/mol. The predicted molar refractivity (Wildman–Crippen MR) is 134 cm³/mol. The van der Waals surface area contributed by atoms with Gasteiger partial charge in [0.25, 0.3) is 0 Å². The van der Waals surface area contributed by atoms with Gasteiger partial charge in [0.2, 0.25) is 0 Å². The Bertz CT molecular complexity index is 1580. The van der Waals surface area contributed by atoms with Crippen LogP contribution in [0.4, 0.5) is 0 Å². The molecule has 4 nitrogen and oxygen atoms in total. The van der Waals surface area contributed by atoms with Crippen LogP contribution in [0.3, 0.4) is 0 Å². The van der Waals surface area contributed by atoms with Gasteiger partial charge in [-0.1, -0.05) is 36.9 Å². The van der Waals surface area contributed by atoms with Gasteiger partial charge in [-0.3, -0.25) is 0 Å². The van der Waals surface area contributed by atoms with E-state index < -0.39 is 0 Å². The van der Waals surface area contributed by atoms with Crippen LogP contribution in [0, 0.1) is 0 Å². The third-order valence-corrected chi connectivity index (χ3v) is 5.63. The second kappa shape index (κ2) is 8.65. The number of H-pyrrole nitrogens is 2. The topological polar surface area (TPSA) is 57.4 Å². The first kappa shape index (κ1) is 21.1. The largest absolute Gasteiger partial charge is 0.355 e. The van der Waals surface area contributed by atoms with Crippen molar-refractivity contribution in [1.82, 2.24) is 19.9 Å². The van der Waals surface area contributed by atoms with Crippen LogP contribution in [-0.4, -0.2) is 19.9 Å². The van der Waals surface area contributed by atoms with Gasteiger partial charge in [-0.15, -0.1) is 0 Å². The fourth-order valence-corrected chi connectivity index (χ4v) is 4.06. The molecule has 0 aliphatic carbocycles. The van der Waals surface area contributed by atoms with Gasteiger partial charge in [0.15, 0.2) is 0 Å². The summed E-state index contributed by atoms with van der Waals surface area (Å²) in [6, 6.07) is 22.9. The zero-order valence-corrected chi connectivity index (χ0v) is 19.9. The average Bonchev–Trinajstić information content (AvgIpc) is 3.59. The molecule has 0 saturated heterocycles. The third kappa shape index (κ3) is 4.30. The summed E-state index contributed by atoms with van der Waals surface area (Å²) in [5.41, 5.74) is 11.1. The van der Waals surface area contributed by atoms with E-state index in [1.54, 1.807) is 0 Å². The minimum atomic E-state index is 0. The molecule has 3 aromatic heterocycles. The smallest absolute Gasteiger partial charge is 0.0658 e. The second-order valence-corrected chi connectivity index (χ2v) is 7.91. The second-order valence-electron chi connectivity index (χ2n) is 7.91. The summed E-state index contributed by atoms with van der Waals surface area (Å²) < 4.78 is 0. The van der Waals surface area contributed by atoms with Crippen molar-refractivity contribution in [3.8, 4) is 11.1 Å². The minimum absolute atomic E-state index is 0. The summed E-state index contributed by atoms with van der Waals surface area (Å²) in [7, 11) is 0. The van der Waals surface area contributed by atoms with Gasteiger partial charge in [-0.05, 0) is 77.9 Å². The Balaban J connectivity index is 0.00000228. The van der Waals surface area contributed by atoms with E-state index in [1.807, 2.05) is 42.5 Å². The number of benzene rings is 1. The molecule has 0 radical (unpaired) electrons. The summed E-state index contributed by atoms with van der Waals surface area (Å²) in [5.74, 6) is 0. The fraction of sp³-hybridized carbons (Fsp3) is 0. The minimum Gasteiger partial charge on any atom is -0.355 e. The zero-order valence-electron chi connectivity index (χ0n) is 17.7. The first-order chi connectivity index (χ1) is 15.7. The number of nitrogens with one attached hydrogen (secondary N) is 2. The summed E-state index contributed by atoms with van der Waals surface area (Å²) >= 11 is 0. The summed E-state index contributed by atoms with van der Waals surface area (Å²) in [6.07, 6.45) is 10.00. The van der Waals surface area contributed by atoms with Crippen molar-refractivity contribution in [1.29, 1.82) is 0 Å². The van der Waals surface area contributed by atoms with Gasteiger partial charge in [0.05, 0.1) is 22.8 Å². The first-order valence-electron chi connectivity index (χ1n) is 10.5. The molecule has 0 spiro atoms. The normalized spacial score (nSPS) is 11.9. The van der Waals surface area contributed by atoms with Crippen molar-refractivity contribution in [2.24, 2.45) is 0 Å². The van der Waals surface area contributed by atoms with Gasteiger partial charge in [-0.25, -0.2) is 9.97 Å². The molecule has 0 saturated carbocycles. The monoisotopic (exact) mass is 607 g/mol. The molecule has 2 aliphatic rings. The van der Waals surface area contributed by atoms with E-state index >= 15 is 0 Å². The van der Waals surface area contributed by atoms with E-state index in [9.17, 15) is 0 Å². The van der Waals surface area contributed by atoms with Gasteiger partial charge >= 0.3 is 0 Å². The molecule has 8 bridgehead atoms. The Morgan fingerprint density at radius 3 is 1.73 bits per heavy atom. The van der Waals surface area contributed by atoms with Crippen molar-refractivity contribution in [3.05, 3.63) is 102 Å². The van der Waals surface area contributed by atoms with Gasteiger partial charge < -0.3 is 9.97 Å². The molecule has 0 atom stereocenters. The Kier molecular flexibility index (Phi) is 5.53. The van der Waals surface area contributed by atoms with E-state index in [4.69, 9.17) is 9.97 Å². The molecule has 1 aromatic carbocycles. The molecule has 5 heterocycles. The van der Waals surface area contributed by atoms with Crippen molar-refractivity contribution in [2.75, 3.05) is 0 Å². The van der Waals surface area contributed by atoms with Crippen molar-refractivity contribution in [2.45, 2.75) is 0 Å². The van der Waals surface area contributed by atoms with Crippen LogP contribution in [-0.2, 0) is 21.1 Å². The van der Waals surface area contributed by atoms with Gasteiger partial charge in [0, 0.05) is 48.7 Å². The van der Waals surface area contributed by atoms with E-state index in [-0.39, 0.29) is 21.1 Å². The molecule has 6 rings (SSSR count). The Morgan fingerprint density at radius 1 is 0.606 bits per heavy atom. The maximum atomic E-state index is 4.78.